The number of sulfone groups is 1. The Bertz CT molecular complexity index is 652. The molecular formula is C16H24ClFN2O3S. The third-order valence-electron chi connectivity index (χ3n) is 4.13. The summed E-state index contributed by atoms with van der Waals surface area (Å²) in [5.41, 5.74) is 0. The summed E-state index contributed by atoms with van der Waals surface area (Å²) in [5, 5.41) is 5.35. The molecule has 3 atom stereocenters. The molecule has 1 amide bonds. The standard InChI is InChI=1S/C16H23FN2O3S.ClH/c1-11-9-14(7-8-18-11)19-16(20)10-12(2)23(21,22)15-5-3-13(17)4-6-15;/h3-6,11-12,14,18H,7-10H2,1-2H3,(H,19,20);1H. The Balaban J connectivity index is 0.00000288. The number of hydrogen-bond donors (Lipinski definition) is 2. The van der Waals surface area contributed by atoms with Crippen LogP contribution in [0.4, 0.5) is 4.39 Å². The lowest BCUT2D eigenvalue weighted by atomic mass is 10.0. The van der Waals surface area contributed by atoms with E-state index in [1.165, 1.54) is 19.1 Å². The first kappa shape index (κ1) is 20.9. The number of hydrogen-bond acceptors (Lipinski definition) is 4. The third-order valence-corrected chi connectivity index (χ3v) is 6.29. The van der Waals surface area contributed by atoms with E-state index in [-0.39, 0.29) is 35.7 Å². The van der Waals surface area contributed by atoms with Gasteiger partial charge in [-0.3, -0.25) is 4.79 Å². The molecule has 1 aromatic carbocycles. The predicted molar refractivity (Wildman–Crippen MR) is 93.5 cm³/mol. The van der Waals surface area contributed by atoms with Gasteiger partial charge in [0.2, 0.25) is 5.91 Å². The van der Waals surface area contributed by atoms with Gasteiger partial charge >= 0.3 is 0 Å². The maximum atomic E-state index is 12.9. The van der Waals surface area contributed by atoms with Crippen LogP contribution in [-0.4, -0.2) is 38.2 Å². The maximum absolute atomic E-state index is 12.9. The van der Waals surface area contributed by atoms with Crippen LogP contribution in [0, 0.1) is 5.82 Å². The lowest BCUT2D eigenvalue weighted by Crippen LogP contribution is -2.47. The van der Waals surface area contributed by atoms with E-state index in [1.54, 1.807) is 0 Å². The molecule has 5 nitrogen and oxygen atoms in total. The molecule has 0 aliphatic carbocycles. The van der Waals surface area contributed by atoms with Crippen LogP contribution in [0.15, 0.2) is 29.2 Å². The van der Waals surface area contributed by atoms with Crippen molar-refractivity contribution in [2.75, 3.05) is 6.54 Å². The number of rotatable bonds is 5. The monoisotopic (exact) mass is 378 g/mol. The quantitative estimate of drug-likeness (QED) is 0.769. The van der Waals surface area contributed by atoms with Crippen LogP contribution in [0.1, 0.15) is 33.1 Å². The second kappa shape index (κ2) is 8.78. The second-order valence-electron chi connectivity index (χ2n) is 6.16. The molecule has 0 spiro atoms. The van der Waals surface area contributed by atoms with E-state index in [2.05, 4.69) is 17.6 Å². The van der Waals surface area contributed by atoms with Crippen molar-refractivity contribution in [3.63, 3.8) is 0 Å². The van der Waals surface area contributed by atoms with Crippen LogP contribution >= 0.6 is 12.4 Å². The van der Waals surface area contributed by atoms with E-state index in [4.69, 9.17) is 0 Å². The van der Waals surface area contributed by atoms with Crippen LogP contribution in [0.2, 0.25) is 0 Å². The minimum atomic E-state index is -3.64. The first-order valence-electron chi connectivity index (χ1n) is 7.81. The molecule has 1 heterocycles. The number of amides is 1. The van der Waals surface area contributed by atoms with Crippen molar-refractivity contribution in [2.45, 2.75) is 55.3 Å². The van der Waals surface area contributed by atoms with Crippen molar-refractivity contribution in [2.24, 2.45) is 0 Å². The molecule has 8 heteroatoms. The van der Waals surface area contributed by atoms with Gasteiger partial charge in [0.1, 0.15) is 5.82 Å². The molecule has 0 saturated carbocycles. The molecule has 136 valence electrons. The van der Waals surface area contributed by atoms with Gasteiger partial charge in [-0.15, -0.1) is 12.4 Å². The first-order chi connectivity index (χ1) is 10.8. The average Bonchev–Trinajstić information content (AvgIpc) is 2.47. The fraction of sp³-hybridized carbons (Fsp3) is 0.562. The van der Waals surface area contributed by atoms with Crippen molar-refractivity contribution in [3.05, 3.63) is 30.1 Å². The van der Waals surface area contributed by atoms with Crippen molar-refractivity contribution in [1.82, 2.24) is 10.6 Å². The molecule has 1 aliphatic rings. The summed E-state index contributed by atoms with van der Waals surface area (Å²) in [7, 11) is -3.64. The zero-order valence-corrected chi connectivity index (χ0v) is 15.4. The highest BCUT2D eigenvalue weighted by atomic mass is 35.5. The SMILES string of the molecule is CC1CC(NC(=O)CC(C)S(=O)(=O)c2ccc(F)cc2)CCN1.Cl. The van der Waals surface area contributed by atoms with Gasteiger partial charge in [0.15, 0.2) is 9.84 Å². The van der Waals surface area contributed by atoms with Gasteiger partial charge in [0.25, 0.3) is 0 Å². The minimum absolute atomic E-state index is 0. The molecular weight excluding hydrogens is 355 g/mol. The highest BCUT2D eigenvalue weighted by Crippen LogP contribution is 2.19. The van der Waals surface area contributed by atoms with Crippen LogP contribution in [0.25, 0.3) is 0 Å². The molecule has 3 unspecified atom stereocenters. The topological polar surface area (TPSA) is 75.3 Å². The minimum Gasteiger partial charge on any atom is -0.353 e. The molecule has 0 aromatic heterocycles. The van der Waals surface area contributed by atoms with Crippen molar-refractivity contribution < 1.29 is 17.6 Å². The van der Waals surface area contributed by atoms with Gasteiger partial charge in [0.05, 0.1) is 10.1 Å². The summed E-state index contributed by atoms with van der Waals surface area (Å²) >= 11 is 0. The molecule has 0 bridgehead atoms. The van der Waals surface area contributed by atoms with Gasteiger partial charge in [-0.05, 0) is 57.5 Å². The Morgan fingerprint density at radius 3 is 2.58 bits per heavy atom. The molecule has 0 radical (unpaired) electrons. The Morgan fingerprint density at radius 2 is 2.00 bits per heavy atom. The fourth-order valence-electron chi connectivity index (χ4n) is 2.78. The molecule has 2 N–H and O–H groups in total. The van der Waals surface area contributed by atoms with Gasteiger partial charge in [-0.25, -0.2) is 12.8 Å². The van der Waals surface area contributed by atoms with Gasteiger partial charge in [-0.2, -0.15) is 0 Å². The Kier molecular flexibility index (Phi) is 7.63. The normalized spacial score (nSPS) is 22.3. The molecule has 1 aliphatic heterocycles. The lowest BCUT2D eigenvalue weighted by Gasteiger charge is -2.29. The molecule has 2 rings (SSSR count). The first-order valence-corrected chi connectivity index (χ1v) is 9.36. The van der Waals surface area contributed by atoms with Crippen molar-refractivity contribution in [3.8, 4) is 0 Å². The molecule has 1 fully saturated rings. The van der Waals surface area contributed by atoms with Crippen LogP contribution in [-0.2, 0) is 14.6 Å². The summed E-state index contributed by atoms with van der Waals surface area (Å²) in [6.07, 6.45) is 1.58. The van der Waals surface area contributed by atoms with Gasteiger partial charge in [-0.1, -0.05) is 0 Å². The average molecular weight is 379 g/mol. The number of carbonyl (C=O) groups excluding carboxylic acids is 1. The Hall–Kier alpha value is -1.18. The van der Waals surface area contributed by atoms with E-state index in [0.29, 0.717) is 6.04 Å². The largest absolute Gasteiger partial charge is 0.353 e. The summed E-state index contributed by atoms with van der Waals surface area (Å²) in [5.74, 6) is -0.753. The van der Waals surface area contributed by atoms with Crippen molar-refractivity contribution in [1.29, 1.82) is 0 Å². The van der Waals surface area contributed by atoms with Crippen molar-refractivity contribution >= 4 is 28.2 Å². The predicted octanol–water partition coefficient (Wildman–Crippen LogP) is 2.06. The summed E-state index contributed by atoms with van der Waals surface area (Å²) in [6.45, 7) is 4.40. The van der Waals surface area contributed by atoms with Crippen LogP contribution < -0.4 is 10.6 Å². The van der Waals surface area contributed by atoms with Gasteiger partial charge < -0.3 is 10.6 Å². The summed E-state index contributed by atoms with van der Waals surface area (Å²) in [4.78, 5) is 12.1. The Morgan fingerprint density at radius 1 is 1.38 bits per heavy atom. The molecule has 24 heavy (non-hydrogen) atoms. The molecule has 1 saturated heterocycles. The number of piperidine rings is 1. The van der Waals surface area contributed by atoms with Crippen LogP contribution in [0.5, 0.6) is 0 Å². The number of halogens is 2. The van der Waals surface area contributed by atoms with E-state index < -0.39 is 20.9 Å². The number of nitrogens with one attached hydrogen (secondary N) is 2. The van der Waals surface area contributed by atoms with Crippen LogP contribution in [0.3, 0.4) is 0 Å². The maximum Gasteiger partial charge on any atom is 0.221 e. The van der Waals surface area contributed by atoms with Gasteiger partial charge in [0, 0.05) is 18.5 Å². The van der Waals surface area contributed by atoms with E-state index in [0.717, 1.165) is 31.5 Å². The van der Waals surface area contributed by atoms with E-state index in [1.807, 2.05) is 0 Å². The lowest BCUT2D eigenvalue weighted by molar-refractivity contribution is -0.121. The summed E-state index contributed by atoms with van der Waals surface area (Å²) < 4.78 is 37.7. The second-order valence-corrected chi connectivity index (χ2v) is 8.52. The number of carbonyl (C=O) groups is 1. The highest BCUT2D eigenvalue weighted by molar-refractivity contribution is 7.92. The molecule has 1 aromatic rings. The zero-order valence-electron chi connectivity index (χ0n) is 13.8. The third kappa shape index (κ3) is 5.43. The number of benzene rings is 1. The Labute approximate surface area is 148 Å². The van der Waals surface area contributed by atoms with E-state index in [9.17, 15) is 17.6 Å². The smallest absolute Gasteiger partial charge is 0.221 e. The fourth-order valence-corrected chi connectivity index (χ4v) is 4.13. The van der Waals surface area contributed by atoms with E-state index >= 15 is 0 Å². The highest BCUT2D eigenvalue weighted by Gasteiger charge is 2.27. The zero-order chi connectivity index (χ0) is 17.0. The summed E-state index contributed by atoms with van der Waals surface area (Å²) in [6, 6.07) is 5.10.